The van der Waals surface area contributed by atoms with Gasteiger partial charge >= 0.3 is 5.97 Å². The van der Waals surface area contributed by atoms with Gasteiger partial charge in [0.25, 0.3) is 0 Å². The number of hydrogen-bond donors (Lipinski definition) is 2. The van der Waals surface area contributed by atoms with Gasteiger partial charge in [-0.05, 0) is 20.5 Å². The highest BCUT2D eigenvalue weighted by molar-refractivity contribution is 5.66. The van der Waals surface area contributed by atoms with Crippen molar-refractivity contribution in [3.8, 4) is 0 Å². The standard InChI is InChI=1S/C11H22O2.C2H7N/c1-2-3-4-5-6-7-8-9-10-11(12)13;1-3-2/h2-10H2,1H3,(H,12,13);3H,1-2H3. The molecule has 0 aliphatic heterocycles. The van der Waals surface area contributed by atoms with Crippen LogP contribution in [0.1, 0.15) is 64.7 Å². The second-order valence-electron chi connectivity index (χ2n) is 4.12. The van der Waals surface area contributed by atoms with Crippen LogP contribution in [0.5, 0.6) is 0 Å². The Kier molecular flexibility index (Phi) is 18.8. The molecule has 0 fully saturated rings. The third-order valence-corrected chi connectivity index (χ3v) is 2.24. The lowest BCUT2D eigenvalue weighted by Crippen LogP contribution is -1.93. The van der Waals surface area contributed by atoms with Gasteiger partial charge in [-0.3, -0.25) is 4.79 Å². The van der Waals surface area contributed by atoms with E-state index >= 15 is 0 Å². The quantitative estimate of drug-likeness (QED) is 0.598. The normalized spacial score (nSPS) is 9.44. The Bertz CT molecular complexity index is 138. The Labute approximate surface area is 101 Å². The zero-order chi connectivity index (χ0) is 12.6. The van der Waals surface area contributed by atoms with E-state index in [1.54, 1.807) is 0 Å². The molecule has 0 aromatic heterocycles. The van der Waals surface area contributed by atoms with Gasteiger partial charge in [-0.25, -0.2) is 0 Å². The summed E-state index contributed by atoms with van der Waals surface area (Å²) in [5.41, 5.74) is 0. The summed E-state index contributed by atoms with van der Waals surface area (Å²) in [4.78, 5) is 10.2. The number of carbonyl (C=O) groups is 1. The van der Waals surface area contributed by atoms with Gasteiger partial charge in [0.2, 0.25) is 0 Å². The topological polar surface area (TPSA) is 49.3 Å². The maximum absolute atomic E-state index is 10.2. The minimum absolute atomic E-state index is 0.342. The number of rotatable bonds is 9. The molecular weight excluding hydrogens is 202 g/mol. The Balaban J connectivity index is 0. The van der Waals surface area contributed by atoms with Gasteiger partial charge in [-0.2, -0.15) is 0 Å². The minimum Gasteiger partial charge on any atom is -0.481 e. The van der Waals surface area contributed by atoms with Crippen molar-refractivity contribution in [1.82, 2.24) is 5.32 Å². The van der Waals surface area contributed by atoms with E-state index in [1.807, 2.05) is 14.1 Å². The van der Waals surface area contributed by atoms with Crippen LogP contribution in [-0.2, 0) is 4.79 Å². The monoisotopic (exact) mass is 231 g/mol. The summed E-state index contributed by atoms with van der Waals surface area (Å²) in [6.45, 7) is 2.22. The molecule has 0 rings (SSSR count). The summed E-state index contributed by atoms with van der Waals surface area (Å²) in [7, 11) is 3.75. The molecule has 0 unspecified atom stereocenters. The Morgan fingerprint density at radius 3 is 1.69 bits per heavy atom. The lowest BCUT2D eigenvalue weighted by Gasteiger charge is -1.99. The van der Waals surface area contributed by atoms with Crippen LogP contribution in [0, 0.1) is 0 Å². The zero-order valence-corrected chi connectivity index (χ0v) is 11.2. The van der Waals surface area contributed by atoms with Gasteiger partial charge in [-0.15, -0.1) is 0 Å². The lowest BCUT2D eigenvalue weighted by molar-refractivity contribution is -0.137. The number of nitrogens with one attached hydrogen (secondary N) is 1. The largest absolute Gasteiger partial charge is 0.481 e. The maximum atomic E-state index is 10.2. The van der Waals surface area contributed by atoms with Gasteiger partial charge in [0.15, 0.2) is 0 Å². The first kappa shape index (κ1) is 17.8. The molecule has 0 heterocycles. The van der Waals surface area contributed by atoms with Gasteiger partial charge in [0, 0.05) is 6.42 Å². The third-order valence-electron chi connectivity index (χ3n) is 2.24. The highest BCUT2D eigenvalue weighted by atomic mass is 16.4. The van der Waals surface area contributed by atoms with Crippen LogP contribution in [-0.4, -0.2) is 25.2 Å². The summed E-state index contributed by atoms with van der Waals surface area (Å²) in [5, 5.41) is 11.1. The molecule has 0 radical (unpaired) electrons. The average molecular weight is 231 g/mol. The highest BCUT2D eigenvalue weighted by Crippen LogP contribution is 2.09. The molecule has 0 amide bonds. The molecule has 0 aromatic carbocycles. The molecule has 0 aliphatic carbocycles. The van der Waals surface area contributed by atoms with E-state index in [9.17, 15) is 4.79 Å². The van der Waals surface area contributed by atoms with Crippen molar-refractivity contribution in [2.75, 3.05) is 14.1 Å². The molecule has 0 saturated carbocycles. The summed E-state index contributed by atoms with van der Waals surface area (Å²) in [5.74, 6) is -0.661. The molecule has 0 aromatic rings. The van der Waals surface area contributed by atoms with Gasteiger partial charge in [-0.1, -0.05) is 51.9 Å². The number of carboxylic acid groups (broad SMARTS) is 1. The van der Waals surface area contributed by atoms with Crippen molar-refractivity contribution in [3.05, 3.63) is 0 Å². The molecule has 98 valence electrons. The summed E-state index contributed by atoms with van der Waals surface area (Å²) in [6, 6.07) is 0. The fourth-order valence-corrected chi connectivity index (χ4v) is 1.41. The first-order chi connectivity index (χ1) is 7.68. The fourth-order valence-electron chi connectivity index (χ4n) is 1.41. The van der Waals surface area contributed by atoms with Crippen LogP contribution in [0.3, 0.4) is 0 Å². The molecule has 3 heteroatoms. The van der Waals surface area contributed by atoms with Crippen molar-refractivity contribution in [3.63, 3.8) is 0 Å². The van der Waals surface area contributed by atoms with Crippen LogP contribution in [0.15, 0.2) is 0 Å². The fraction of sp³-hybridized carbons (Fsp3) is 0.923. The molecule has 0 aliphatic rings. The van der Waals surface area contributed by atoms with E-state index in [-0.39, 0.29) is 0 Å². The van der Waals surface area contributed by atoms with Crippen molar-refractivity contribution in [1.29, 1.82) is 0 Å². The molecule has 0 spiro atoms. The predicted molar refractivity (Wildman–Crippen MR) is 69.8 cm³/mol. The van der Waals surface area contributed by atoms with Crippen molar-refractivity contribution in [2.45, 2.75) is 64.7 Å². The smallest absolute Gasteiger partial charge is 0.303 e. The van der Waals surface area contributed by atoms with Crippen LogP contribution < -0.4 is 5.32 Å². The van der Waals surface area contributed by atoms with Gasteiger partial charge in [0.05, 0.1) is 0 Å². The molecule has 3 nitrogen and oxygen atoms in total. The molecule has 0 bridgehead atoms. The SMILES string of the molecule is CCCCCCCCCCC(=O)O.CNC. The van der Waals surface area contributed by atoms with E-state index in [4.69, 9.17) is 5.11 Å². The summed E-state index contributed by atoms with van der Waals surface area (Å²) in [6.07, 6.45) is 10.1. The Morgan fingerprint density at radius 2 is 1.31 bits per heavy atom. The van der Waals surface area contributed by atoms with Crippen molar-refractivity contribution < 1.29 is 9.90 Å². The van der Waals surface area contributed by atoms with E-state index in [0.717, 1.165) is 12.8 Å². The molecule has 0 saturated heterocycles. The van der Waals surface area contributed by atoms with E-state index < -0.39 is 5.97 Å². The molecular formula is C13H29NO2. The van der Waals surface area contributed by atoms with E-state index in [2.05, 4.69) is 12.2 Å². The average Bonchev–Trinajstić information content (AvgIpc) is 2.23. The van der Waals surface area contributed by atoms with Crippen LogP contribution in [0.4, 0.5) is 0 Å². The number of carboxylic acids is 1. The zero-order valence-electron chi connectivity index (χ0n) is 11.2. The van der Waals surface area contributed by atoms with Gasteiger partial charge in [0.1, 0.15) is 0 Å². The highest BCUT2D eigenvalue weighted by Gasteiger charge is 1.95. The number of aliphatic carboxylic acids is 1. The second-order valence-corrected chi connectivity index (χ2v) is 4.12. The summed E-state index contributed by atoms with van der Waals surface area (Å²) >= 11 is 0. The Morgan fingerprint density at radius 1 is 0.938 bits per heavy atom. The third kappa shape index (κ3) is 23.3. The van der Waals surface area contributed by atoms with Crippen molar-refractivity contribution >= 4 is 5.97 Å². The minimum atomic E-state index is -0.661. The van der Waals surface area contributed by atoms with E-state index in [1.165, 1.54) is 38.5 Å². The summed E-state index contributed by atoms with van der Waals surface area (Å²) < 4.78 is 0. The number of unbranched alkanes of at least 4 members (excludes halogenated alkanes) is 7. The van der Waals surface area contributed by atoms with Gasteiger partial charge < -0.3 is 10.4 Å². The maximum Gasteiger partial charge on any atom is 0.303 e. The molecule has 16 heavy (non-hydrogen) atoms. The van der Waals surface area contributed by atoms with Crippen molar-refractivity contribution in [2.24, 2.45) is 0 Å². The van der Waals surface area contributed by atoms with E-state index in [0.29, 0.717) is 6.42 Å². The second kappa shape index (κ2) is 16.8. The molecule has 0 atom stereocenters. The van der Waals surface area contributed by atoms with Crippen LogP contribution in [0.2, 0.25) is 0 Å². The number of hydrogen-bond acceptors (Lipinski definition) is 2. The predicted octanol–water partition coefficient (Wildman–Crippen LogP) is 3.44. The first-order valence-corrected chi connectivity index (χ1v) is 6.49. The Hall–Kier alpha value is -0.570. The van der Waals surface area contributed by atoms with Crippen LogP contribution in [0.25, 0.3) is 0 Å². The lowest BCUT2D eigenvalue weighted by atomic mass is 10.1. The van der Waals surface area contributed by atoms with Crippen LogP contribution >= 0.6 is 0 Å². The first-order valence-electron chi connectivity index (χ1n) is 6.49. The molecule has 2 N–H and O–H groups in total.